The number of rotatable bonds is 3. The second kappa shape index (κ2) is 8.29. The van der Waals surface area contributed by atoms with Gasteiger partial charge in [0.1, 0.15) is 0 Å². The van der Waals surface area contributed by atoms with Gasteiger partial charge in [-0.1, -0.05) is 0 Å². The standard InChI is InChI=1S/C10H14O.C6H7.2ClH.Ti/c1-10(2,3)8-5-4-6-9(11)7-8;1-6-4-2-3-5-6;;;/h4-7,11H,1-3H3;2,4H,3H2,1H3;2*1H;/q;;;;+1/p-1. The summed E-state index contributed by atoms with van der Waals surface area (Å²) in [6, 6.07) is 8.52. The molecule has 0 radical (unpaired) electrons. The van der Waals surface area contributed by atoms with Crippen molar-refractivity contribution in [3.05, 3.63) is 51.4 Å². The van der Waals surface area contributed by atoms with Gasteiger partial charge in [-0.15, -0.1) is 24.8 Å². The fraction of sp³-hybridized carbons (Fsp3) is 0.375. The third-order valence-electron chi connectivity index (χ3n) is 3.16. The Morgan fingerprint density at radius 3 is 2.40 bits per heavy atom. The van der Waals surface area contributed by atoms with Crippen molar-refractivity contribution in [1.29, 1.82) is 0 Å². The van der Waals surface area contributed by atoms with E-state index < -0.39 is 19.5 Å². The van der Waals surface area contributed by atoms with Crippen LogP contribution < -0.4 is 3.32 Å². The summed E-state index contributed by atoms with van der Waals surface area (Å²) in [6.45, 7) is 8.87. The van der Waals surface area contributed by atoms with E-state index in [9.17, 15) is 0 Å². The SMILES string of the molecule is CC1=[C]([Ti][O]c2cccc(C(C)(C)C)c2)CC=C1.Cl.Cl. The summed E-state index contributed by atoms with van der Waals surface area (Å²) in [7, 11) is 0. The van der Waals surface area contributed by atoms with Crippen molar-refractivity contribution in [3.8, 4) is 5.75 Å². The maximum Gasteiger partial charge on any atom is -0.147 e. The molecule has 0 amide bonds. The summed E-state index contributed by atoms with van der Waals surface area (Å²) >= 11 is -0.470. The first-order chi connectivity index (χ1) is 8.47. The molecular weight excluding hydrogens is 327 g/mol. The van der Waals surface area contributed by atoms with Gasteiger partial charge in [0.15, 0.2) is 0 Å². The summed E-state index contributed by atoms with van der Waals surface area (Å²) in [5, 5.41) is 0. The maximum absolute atomic E-state index is 6.02. The summed E-state index contributed by atoms with van der Waals surface area (Å²) in [6.07, 6.45) is 5.52. The van der Waals surface area contributed by atoms with E-state index in [4.69, 9.17) is 3.32 Å². The van der Waals surface area contributed by atoms with Crippen LogP contribution in [0.4, 0.5) is 0 Å². The molecule has 1 aromatic rings. The van der Waals surface area contributed by atoms with Crippen molar-refractivity contribution in [2.45, 2.75) is 39.5 Å². The molecule has 0 saturated carbocycles. The molecule has 1 nitrogen and oxygen atoms in total. The van der Waals surface area contributed by atoms with Crippen molar-refractivity contribution < 1.29 is 22.9 Å². The van der Waals surface area contributed by atoms with Gasteiger partial charge in [0.25, 0.3) is 0 Å². The van der Waals surface area contributed by atoms with Crippen molar-refractivity contribution in [1.82, 2.24) is 0 Å². The Labute approximate surface area is 144 Å². The van der Waals surface area contributed by atoms with Gasteiger partial charge >= 0.3 is 120 Å². The molecule has 110 valence electrons. The predicted octanol–water partition coefficient (Wildman–Crippen LogP) is 5.44. The topological polar surface area (TPSA) is 9.23 Å². The Bertz CT molecular complexity index is 501. The number of hydrogen-bond donors (Lipinski definition) is 0. The van der Waals surface area contributed by atoms with Crippen molar-refractivity contribution >= 4 is 24.8 Å². The van der Waals surface area contributed by atoms with Gasteiger partial charge in [0.2, 0.25) is 0 Å². The second-order valence-corrected chi connectivity index (χ2v) is 7.33. The summed E-state index contributed by atoms with van der Waals surface area (Å²) in [5.41, 5.74) is 2.92. The van der Waals surface area contributed by atoms with E-state index >= 15 is 0 Å². The van der Waals surface area contributed by atoms with Crippen LogP contribution >= 0.6 is 24.8 Å². The average molecular weight is 349 g/mol. The first kappa shape index (κ1) is 19.8. The van der Waals surface area contributed by atoms with Crippen molar-refractivity contribution in [2.75, 3.05) is 0 Å². The number of halogens is 2. The fourth-order valence-corrected chi connectivity index (χ4v) is 3.15. The minimum absolute atomic E-state index is 0. The molecule has 0 unspecified atom stereocenters. The fourth-order valence-electron chi connectivity index (χ4n) is 1.88. The Hall–Kier alpha value is -0.206. The van der Waals surface area contributed by atoms with Gasteiger partial charge < -0.3 is 0 Å². The third-order valence-corrected chi connectivity index (χ3v) is 5.00. The van der Waals surface area contributed by atoms with Crippen molar-refractivity contribution in [3.63, 3.8) is 0 Å². The molecule has 20 heavy (non-hydrogen) atoms. The summed E-state index contributed by atoms with van der Waals surface area (Å²) in [4.78, 5) is 0. The molecule has 2 rings (SSSR count). The number of allylic oxidation sites excluding steroid dienone is 4. The molecule has 1 aromatic carbocycles. The minimum atomic E-state index is -0.470. The van der Waals surface area contributed by atoms with Crippen LogP contribution in [-0.2, 0) is 25.0 Å². The van der Waals surface area contributed by atoms with E-state index in [1.807, 2.05) is 0 Å². The molecule has 0 saturated heterocycles. The van der Waals surface area contributed by atoms with E-state index in [-0.39, 0.29) is 30.2 Å². The van der Waals surface area contributed by atoms with E-state index in [0.29, 0.717) is 0 Å². The van der Waals surface area contributed by atoms with Gasteiger partial charge in [0, 0.05) is 0 Å². The monoisotopic (exact) mass is 348 g/mol. The van der Waals surface area contributed by atoms with E-state index in [1.54, 1.807) is 0 Å². The average Bonchev–Trinajstić information content (AvgIpc) is 2.72. The van der Waals surface area contributed by atoms with Gasteiger partial charge in [-0.2, -0.15) is 0 Å². The van der Waals surface area contributed by atoms with E-state index in [0.717, 1.165) is 12.2 Å². The molecule has 0 bridgehead atoms. The first-order valence-corrected chi connectivity index (χ1v) is 7.78. The number of hydrogen-bond acceptors (Lipinski definition) is 1. The predicted molar refractivity (Wildman–Crippen MR) is 86.7 cm³/mol. The summed E-state index contributed by atoms with van der Waals surface area (Å²) in [5.74, 6) is 1.02. The molecule has 1 aliphatic carbocycles. The quantitative estimate of drug-likeness (QED) is 0.661. The van der Waals surface area contributed by atoms with Gasteiger partial charge in [-0.25, -0.2) is 0 Å². The molecule has 0 heterocycles. The molecule has 0 atom stereocenters. The van der Waals surface area contributed by atoms with E-state index in [2.05, 4.69) is 64.1 Å². The molecule has 0 N–H and O–H groups in total. The molecule has 0 spiro atoms. The van der Waals surface area contributed by atoms with Gasteiger partial charge in [0.05, 0.1) is 0 Å². The van der Waals surface area contributed by atoms with Crippen LogP contribution in [0, 0.1) is 0 Å². The molecule has 1 aliphatic rings. The van der Waals surface area contributed by atoms with Crippen LogP contribution in [0.5, 0.6) is 5.75 Å². The minimum Gasteiger partial charge on any atom is -0.147 e. The first-order valence-electron chi connectivity index (χ1n) is 6.36. The summed E-state index contributed by atoms with van der Waals surface area (Å²) < 4.78 is 7.53. The van der Waals surface area contributed by atoms with Gasteiger partial charge in [-0.3, -0.25) is 0 Å². The Morgan fingerprint density at radius 2 is 1.85 bits per heavy atom. The molecule has 0 fully saturated rings. The molecule has 4 heteroatoms. The van der Waals surface area contributed by atoms with Crippen LogP contribution in [0.25, 0.3) is 0 Å². The Kier molecular flexibility index (Phi) is 8.20. The second-order valence-electron chi connectivity index (χ2n) is 5.75. The Balaban J connectivity index is 0.00000180. The number of benzene rings is 1. The van der Waals surface area contributed by atoms with Crippen LogP contribution in [0.15, 0.2) is 45.9 Å². The van der Waals surface area contributed by atoms with Crippen LogP contribution in [0.3, 0.4) is 0 Å². The van der Waals surface area contributed by atoms with Crippen LogP contribution in [0.2, 0.25) is 0 Å². The van der Waals surface area contributed by atoms with Gasteiger partial charge in [-0.05, 0) is 0 Å². The maximum atomic E-state index is 6.02. The van der Waals surface area contributed by atoms with Crippen LogP contribution in [-0.4, -0.2) is 0 Å². The largest absolute Gasteiger partial charge is 0.147 e. The zero-order valence-electron chi connectivity index (χ0n) is 12.4. The molecule has 0 aliphatic heterocycles. The van der Waals surface area contributed by atoms with Crippen molar-refractivity contribution in [2.24, 2.45) is 0 Å². The van der Waals surface area contributed by atoms with E-state index in [1.165, 1.54) is 15.0 Å². The van der Waals surface area contributed by atoms with Crippen LogP contribution in [0.1, 0.15) is 39.7 Å². The smallest absolute Gasteiger partial charge is 0.147 e. The molecular formula is C16H22Cl2OTi. The third kappa shape index (κ3) is 5.29. The Morgan fingerprint density at radius 1 is 1.15 bits per heavy atom. The normalized spacial score (nSPS) is 13.6. The zero-order chi connectivity index (χ0) is 13.2. The molecule has 0 aromatic heterocycles. The zero-order valence-corrected chi connectivity index (χ0v) is 15.6.